The van der Waals surface area contributed by atoms with E-state index in [1.165, 1.54) is 22.3 Å². The van der Waals surface area contributed by atoms with Crippen molar-refractivity contribution in [2.75, 3.05) is 18.1 Å². The zero-order valence-corrected chi connectivity index (χ0v) is 24.8. The number of thiazole rings is 1. The van der Waals surface area contributed by atoms with Crippen LogP contribution < -0.4 is 14.4 Å². The van der Waals surface area contributed by atoms with Crippen LogP contribution in [0.15, 0.2) is 84.1 Å². The van der Waals surface area contributed by atoms with Crippen LogP contribution in [0.2, 0.25) is 0 Å². The largest absolute Gasteiger partial charge is 0.503 e. The van der Waals surface area contributed by atoms with E-state index in [1.54, 1.807) is 18.2 Å². The van der Waals surface area contributed by atoms with E-state index in [9.17, 15) is 14.7 Å². The van der Waals surface area contributed by atoms with Gasteiger partial charge in [-0.15, -0.1) is 0 Å². The monoisotopic (exact) mass is 582 g/mol. The molecule has 0 spiro atoms. The van der Waals surface area contributed by atoms with Crippen molar-refractivity contribution in [1.29, 1.82) is 0 Å². The molecule has 0 aliphatic carbocycles. The van der Waals surface area contributed by atoms with Gasteiger partial charge in [0, 0.05) is 0 Å². The second-order valence-electron chi connectivity index (χ2n) is 10.1. The Morgan fingerprint density at radius 3 is 2.60 bits per heavy atom. The molecular weight excluding hydrogens is 548 g/mol. The molecule has 2 heterocycles. The van der Waals surface area contributed by atoms with Gasteiger partial charge in [-0.25, -0.2) is 4.98 Å². The Kier molecular flexibility index (Phi) is 9.03. The average molecular weight is 583 g/mol. The molecule has 0 saturated carbocycles. The van der Waals surface area contributed by atoms with E-state index in [2.05, 4.69) is 6.92 Å². The number of carbonyl (C=O) groups excluding carboxylic acids is 2. The van der Waals surface area contributed by atoms with Gasteiger partial charge in [0.05, 0.1) is 35.0 Å². The van der Waals surface area contributed by atoms with Gasteiger partial charge in [0.15, 0.2) is 28.2 Å². The fraction of sp³-hybridized carbons (Fsp3) is 0.265. The average Bonchev–Trinajstić information content (AvgIpc) is 3.52. The highest BCUT2D eigenvalue weighted by Crippen LogP contribution is 2.45. The lowest BCUT2D eigenvalue weighted by atomic mass is 9.95. The maximum atomic E-state index is 13.7. The topological polar surface area (TPSA) is 89.0 Å². The van der Waals surface area contributed by atoms with Gasteiger partial charge in [0.1, 0.15) is 0 Å². The van der Waals surface area contributed by atoms with Gasteiger partial charge in [-0.2, -0.15) is 0 Å². The van der Waals surface area contributed by atoms with Crippen LogP contribution in [-0.4, -0.2) is 35.0 Å². The summed E-state index contributed by atoms with van der Waals surface area (Å²) in [6, 6.07) is 19.7. The first-order valence-electron chi connectivity index (χ1n) is 14.2. The minimum Gasteiger partial charge on any atom is -0.503 e. The van der Waals surface area contributed by atoms with Crippen molar-refractivity contribution in [2.24, 2.45) is 0 Å². The van der Waals surface area contributed by atoms with Crippen molar-refractivity contribution in [3.63, 3.8) is 0 Å². The number of nitrogens with zero attached hydrogens (tertiary/aromatic N) is 2. The molecule has 1 N–H and O–H groups in total. The normalized spacial score (nSPS) is 15.3. The van der Waals surface area contributed by atoms with E-state index in [4.69, 9.17) is 14.5 Å². The number of fused-ring (bicyclic) bond motifs is 1. The zero-order valence-electron chi connectivity index (χ0n) is 24.0. The second kappa shape index (κ2) is 13.0. The molecule has 1 aliphatic rings. The van der Waals surface area contributed by atoms with Crippen LogP contribution in [-0.2, 0) is 9.59 Å². The molecule has 1 amide bonds. The van der Waals surface area contributed by atoms with Crippen LogP contribution >= 0.6 is 11.3 Å². The number of ketones is 1. The number of ether oxygens (including phenoxy) is 2. The van der Waals surface area contributed by atoms with Crippen molar-refractivity contribution < 1.29 is 24.2 Å². The van der Waals surface area contributed by atoms with E-state index in [0.717, 1.165) is 40.6 Å². The van der Waals surface area contributed by atoms with E-state index < -0.39 is 23.5 Å². The SMILES string of the molecule is CCCCCOc1ccc(C2C(C(=O)C=Cc3ccccc3)=C(O)C(=O)N2c2nc3ccc(C)cc3s2)cc1OCC. The van der Waals surface area contributed by atoms with Crippen LogP contribution in [0.25, 0.3) is 16.3 Å². The first-order chi connectivity index (χ1) is 20.4. The third-order valence-electron chi connectivity index (χ3n) is 7.03. The third kappa shape index (κ3) is 6.09. The van der Waals surface area contributed by atoms with Crippen LogP contribution in [0.3, 0.4) is 0 Å². The molecular formula is C34H34N2O5S. The van der Waals surface area contributed by atoms with E-state index in [0.29, 0.717) is 35.4 Å². The van der Waals surface area contributed by atoms with Gasteiger partial charge in [0.2, 0.25) is 0 Å². The van der Waals surface area contributed by atoms with Gasteiger partial charge in [-0.05, 0) is 67.3 Å². The standard InChI is InChI=1S/C34H34N2O5S/c1-4-6-10-19-41-27-18-15-24(21-28(27)40-5-2)31-30(26(37)17-14-23-11-8-7-9-12-23)32(38)33(39)36(31)34-35-25-16-13-22(3)20-29(25)42-34/h7-9,11-18,20-21,31,38H,4-6,10,19H2,1-3H3. The lowest BCUT2D eigenvalue weighted by Gasteiger charge is -2.25. The first kappa shape index (κ1) is 29.1. The maximum absolute atomic E-state index is 13.7. The summed E-state index contributed by atoms with van der Waals surface area (Å²) in [6.45, 7) is 6.98. The number of unbranched alkanes of at least 4 members (excludes halogenated alkanes) is 2. The second-order valence-corrected chi connectivity index (χ2v) is 11.1. The zero-order chi connectivity index (χ0) is 29.6. The van der Waals surface area contributed by atoms with Crippen molar-refractivity contribution in [3.8, 4) is 11.5 Å². The number of aliphatic hydroxyl groups is 1. The predicted molar refractivity (Wildman–Crippen MR) is 167 cm³/mol. The fourth-order valence-corrected chi connectivity index (χ4v) is 6.03. The molecule has 216 valence electrons. The van der Waals surface area contributed by atoms with Crippen LogP contribution in [0.5, 0.6) is 11.5 Å². The molecule has 1 unspecified atom stereocenters. The molecule has 0 radical (unpaired) electrons. The molecule has 0 saturated heterocycles. The molecule has 1 atom stereocenters. The summed E-state index contributed by atoms with van der Waals surface area (Å²) in [7, 11) is 0. The number of carbonyl (C=O) groups is 2. The summed E-state index contributed by atoms with van der Waals surface area (Å²) >= 11 is 1.34. The summed E-state index contributed by atoms with van der Waals surface area (Å²) in [5.41, 5.74) is 3.22. The summed E-state index contributed by atoms with van der Waals surface area (Å²) in [5, 5.41) is 11.5. The predicted octanol–water partition coefficient (Wildman–Crippen LogP) is 7.75. The van der Waals surface area contributed by atoms with E-state index in [1.807, 2.05) is 68.4 Å². The number of rotatable bonds is 12. The fourth-order valence-electron chi connectivity index (χ4n) is 4.93. The Morgan fingerprint density at radius 2 is 1.83 bits per heavy atom. The number of hydrogen-bond donors (Lipinski definition) is 1. The maximum Gasteiger partial charge on any atom is 0.296 e. The molecule has 3 aromatic carbocycles. The Hall–Kier alpha value is -4.43. The van der Waals surface area contributed by atoms with Crippen LogP contribution in [0.1, 0.15) is 55.8 Å². The summed E-state index contributed by atoms with van der Waals surface area (Å²) in [6.07, 6.45) is 6.14. The molecule has 5 rings (SSSR count). The number of aryl methyl sites for hydroxylation is 1. The molecule has 4 aromatic rings. The summed E-state index contributed by atoms with van der Waals surface area (Å²) in [4.78, 5) is 33.5. The lowest BCUT2D eigenvalue weighted by molar-refractivity contribution is -0.117. The quantitative estimate of drug-likeness (QED) is 0.136. The Labute approximate surface area is 249 Å². The summed E-state index contributed by atoms with van der Waals surface area (Å²) < 4.78 is 12.9. The van der Waals surface area contributed by atoms with E-state index in [-0.39, 0.29) is 5.57 Å². The number of amides is 1. The lowest BCUT2D eigenvalue weighted by Crippen LogP contribution is -2.30. The smallest absolute Gasteiger partial charge is 0.296 e. The molecule has 0 fully saturated rings. The van der Waals surface area contributed by atoms with Crippen molar-refractivity contribution in [2.45, 2.75) is 46.1 Å². The number of aliphatic hydroxyl groups excluding tert-OH is 1. The molecule has 7 nitrogen and oxygen atoms in total. The van der Waals surface area contributed by atoms with Gasteiger partial charge in [-0.3, -0.25) is 14.5 Å². The highest BCUT2D eigenvalue weighted by atomic mass is 32.1. The van der Waals surface area contributed by atoms with Gasteiger partial charge in [-0.1, -0.05) is 79.6 Å². The molecule has 8 heteroatoms. The van der Waals surface area contributed by atoms with Gasteiger partial charge >= 0.3 is 0 Å². The highest BCUT2D eigenvalue weighted by molar-refractivity contribution is 7.22. The Morgan fingerprint density at radius 1 is 1.02 bits per heavy atom. The third-order valence-corrected chi connectivity index (χ3v) is 8.05. The minimum atomic E-state index is -0.916. The number of benzene rings is 3. The Balaban J connectivity index is 1.58. The molecule has 42 heavy (non-hydrogen) atoms. The number of aromatic nitrogens is 1. The first-order valence-corrected chi connectivity index (χ1v) is 15.0. The minimum absolute atomic E-state index is 0.0123. The number of anilines is 1. The highest BCUT2D eigenvalue weighted by Gasteiger charge is 2.45. The van der Waals surface area contributed by atoms with E-state index >= 15 is 0 Å². The summed E-state index contributed by atoms with van der Waals surface area (Å²) in [5.74, 6) is -0.627. The number of allylic oxidation sites excluding steroid dienone is 1. The van der Waals surface area contributed by atoms with Crippen molar-refractivity contribution in [1.82, 2.24) is 4.98 Å². The van der Waals surface area contributed by atoms with Crippen molar-refractivity contribution >= 4 is 44.5 Å². The van der Waals surface area contributed by atoms with Crippen LogP contribution in [0, 0.1) is 6.92 Å². The Bertz CT molecular complexity index is 1660. The molecule has 0 bridgehead atoms. The van der Waals surface area contributed by atoms with Crippen LogP contribution in [0.4, 0.5) is 5.13 Å². The van der Waals surface area contributed by atoms with Crippen molar-refractivity contribution in [3.05, 3.63) is 101 Å². The molecule has 1 aliphatic heterocycles. The molecule has 1 aromatic heterocycles. The number of hydrogen-bond acceptors (Lipinski definition) is 7. The van der Waals surface area contributed by atoms with Gasteiger partial charge < -0.3 is 14.6 Å². The van der Waals surface area contributed by atoms with Gasteiger partial charge in [0.25, 0.3) is 5.91 Å².